The number of fused-ring (bicyclic) bond motifs is 1. The van der Waals surface area contributed by atoms with Gasteiger partial charge in [-0.2, -0.15) is 0 Å². The fraction of sp³-hybridized carbons (Fsp3) is 0.571. The number of rotatable bonds is 3. The maximum Gasteiger partial charge on any atom is 0.573 e. The van der Waals surface area contributed by atoms with E-state index in [0.717, 1.165) is 12.8 Å². The van der Waals surface area contributed by atoms with Crippen LogP contribution in [0.2, 0.25) is 0 Å². The highest BCUT2D eigenvalue weighted by Gasteiger charge is 2.55. The van der Waals surface area contributed by atoms with Gasteiger partial charge in [-0.15, -0.1) is 13.2 Å². The lowest BCUT2D eigenvalue weighted by molar-refractivity contribution is -0.274. The summed E-state index contributed by atoms with van der Waals surface area (Å²) in [7, 11) is 0. The quantitative estimate of drug-likeness (QED) is 0.909. The molecule has 0 amide bonds. The van der Waals surface area contributed by atoms with Gasteiger partial charge >= 0.3 is 6.36 Å². The Morgan fingerprint density at radius 3 is 2.53 bits per heavy atom. The molecule has 0 aliphatic heterocycles. The molecule has 3 atom stereocenters. The van der Waals surface area contributed by atoms with Crippen LogP contribution in [-0.2, 0) is 0 Å². The summed E-state index contributed by atoms with van der Waals surface area (Å²) < 4.78 is 40.3. The van der Waals surface area contributed by atoms with Gasteiger partial charge in [-0.3, -0.25) is 0 Å². The average molecular weight is 272 g/mol. The van der Waals surface area contributed by atoms with E-state index in [1.165, 1.54) is 24.6 Å². The standard InChI is InChI=1S/C14H15F3O2/c15-14(16,17)19-9-4-1-3-8(7-9)13(18)12-10-5-2-6-11(10)12/h1,3-4,7,10-13,18H,2,5-6H2. The Morgan fingerprint density at radius 1 is 1.21 bits per heavy atom. The summed E-state index contributed by atoms with van der Waals surface area (Å²) in [5.74, 6) is 1.06. The van der Waals surface area contributed by atoms with Gasteiger partial charge in [-0.25, -0.2) is 0 Å². The first-order valence-electron chi connectivity index (χ1n) is 6.49. The monoisotopic (exact) mass is 272 g/mol. The first-order chi connectivity index (χ1) is 8.96. The zero-order valence-electron chi connectivity index (χ0n) is 10.2. The highest BCUT2D eigenvalue weighted by Crippen LogP contribution is 2.62. The molecule has 2 aliphatic carbocycles. The van der Waals surface area contributed by atoms with Crippen molar-refractivity contribution in [3.63, 3.8) is 0 Å². The molecule has 0 radical (unpaired) electrons. The van der Waals surface area contributed by atoms with E-state index in [0.29, 0.717) is 17.4 Å². The Labute approximate surface area is 109 Å². The van der Waals surface area contributed by atoms with Crippen molar-refractivity contribution in [1.82, 2.24) is 0 Å². The van der Waals surface area contributed by atoms with Crippen molar-refractivity contribution in [2.45, 2.75) is 31.7 Å². The number of aliphatic hydroxyl groups excluding tert-OH is 1. The molecule has 5 heteroatoms. The molecule has 0 aromatic heterocycles. The molecule has 2 fully saturated rings. The van der Waals surface area contributed by atoms with Crippen LogP contribution in [-0.4, -0.2) is 11.5 Å². The van der Waals surface area contributed by atoms with Crippen molar-refractivity contribution in [2.24, 2.45) is 17.8 Å². The van der Waals surface area contributed by atoms with E-state index in [4.69, 9.17) is 0 Å². The van der Waals surface area contributed by atoms with E-state index in [-0.39, 0.29) is 11.7 Å². The van der Waals surface area contributed by atoms with Gasteiger partial charge in [0.1, 0.15) is 5.75 Å². The molecule has 19 heavy (non-hydrogen) atoms. The Hall–Kier alpha value is -1.23. The molecule has 1 N–H and O–H groups in total. The van der Waals surface area contributed by atoms with Crippen LogP contribution < -0.4 is 4.74 Å². The summed E-state index contributed by atoms with van der Waals surface area (Å²) in [6.07, 6.45) is -1.90. The van der Waals surface area contributed by atoms with Crippen LogP contribution >= 0.6 is 0 Å². The smallest absolute Gasteiger partial charge is 0.406 e. The van der Waals surface area contributed by atoms with Gasteiger partial charge in [0.2, 0.25) is 0 Å². The summed E-state index contributed by atoms with van der Waals surface area (Å²) >= 11 is 0. The number of alkyl halides is 3. The van der Waals surface area contributed by atoms with Crippen molar-refractivity contribution < 1.29 is 23.0 Å². The van der Waals surface area contributed by atoms with Gasteiger partial charge in [-0.05, 0) is 48.3 Å². The van der Waals surface area contributed by atoms with Gasteiger partial charge in [0.15, 0.2) is 0 Å². The van der Waals surface area contributed by atoms with E-state index in [1.54, 1.807) is 6.07 Å². The summed E-state index contributed by atoms with van der Waals surface area (Å²) in [4.78, 5) is 0. The van der Waals surface area contributed by atoms with Gasteiger partial charge < -0.3 is 9.84 Å². The number of aliphatic hydroxyl groups is 1. The normalized spacial score (nSPS) is 30.8. The van der Waals surface area contributed by atoms with E-state index in [9.17, 15) is 18.3 Å². The molecule has 2 saturated carbocycles. The molecule has 0 bridgehead atoms. The van der Waals surface area contributed by atoms with Gasteiger partial charge in [0.25, 0.3) is 0 Å². The van der Waals surface area contributed by atoms with Crippen LogP contribution in [0, 0.1) is 17.8 Å². The van der Waals surface area contributed by atoms with Crippen LogP contribution in [0.4, 0.5) is 13.2 Å². The second-order valence-electron chi connectivity index (χ2n) is 5.40. The highest BCUT2D eigenvalue weighted by molar-refractivity contribution is 5.31. The maximum atomic E-state index is 12.1. The second kappa shape index (κ2) is 4.40. The molecular formula is C14H15F3O2. The van der Waals surface area contributed by atoms with Crippen molar-refractivity contribution in [2.75, 3.05) is 0 Å². The van der Waals surface area contributed by atoms with Crippen LogP contribution in [0.3, 0.4) is 0 Å². The second-order valence-corrected chi connectivity index (χ2v) is 5.40. The van der Waals surface area contributed by atoms with Crippen LogP contribution in [0.5, 0.6) is 5.75 Å². The van der Waals surface area contributed by atoms with Crippen molar-refractivity contribution in [1.29, 1.82) is 0 Å². The van der Waals surface area contributed by atoms with Crippen LogP contribution in [0.25, 0.3) is 0 Å². The minimum Gasteiger partial charge on any atom is -0.406 e. The fourth-order valence-electron chi connectivity index (χ4n) is 3.46. The number of benzene rings is 1. The lowest BCUT2D eigenvalue weighted by Gasteiger charge is -2.15. The Balaban J connectivity index is 1.72. The molecule has 0 heterocycles. The van der Waals surface area contributed by atoms with Crippen molar-refractivity contribution in [3.05, 3.63) is 29.8 Å². The number of hydrogen-bond acceptors (Lipinski definition) is 2. The molecule has 2 aliphatic rings. The summed E-state index contributed by atoms with van der Waals surface area (Å²) in [6.45, 7) is 0. The van der Waals surface area contributed by atoms with Gasteiger partial charge in [0.05, 0.1) is 6.10 Å². The third kappa shape index (κ3) is 2.56. The fourth-order valence-corrected chi connectivity index (χ4v) is 3.46. The van der Waals surface area contributed by atoms with E-state index >= 15 is 0 Å². The molecule has 2 nitrogen and oxygen atoms in total. The zero-order chi connectivity index (χ0) is 13.6. The van der Waals surface area contributed by atoms with Gasteiger partial charge in [-0.1, -0.05) is 18.6 Å². The zero-order valence-corrected chi connectivity index (χ0v) is 10.2. The SMILES string of the molecule is OC(c1cccc(OC(F)(F)F)c1)C1C2CCCC21. The molecule has 3 rings (SSSR count). The lowest BCUT2D eigenvalue weighted by Crippen LogP contribution is -2.17. The predicted octanol–water partition coefficient (Wildman–Crippen LogP) is 3.66. The summed E-state index contributed by atoms with van der Waals surface area (Å²) in [6, 6.07) is 5.67. The summed E-state index contributed by atoms with van der Waals surface area (Å²) in [5, 5.41) is 10.3. The molecule has 0 spiro atoms. The topological polar surface area (TPSA) is 29.5 Å². The highest BCUT2D eigenvalue weighted by atomic mass is 19.4. The first kappa shape index (κ1) is 12.8. The minimum atomic E-state index is -4.69. The molecule has 1 aromatic rings. The molecular weight excluding hydrogens is 257 g/mol. The lowest BCUT2D eigenvalue weighted by atomic mass is 9.99. The Kier molecular flexibility index (Phi) is 2.96. The van der Waals surface area contributed by atoms with Crippen molar-refractivity contribution >= 4 is 0 Å². The molecule has 0 saturated heterocycles. The average Bonchev–Trinajstić information content (AvgIpc) is 2.79. The largest absolute Gasteiger partial charge is 0.573 e. The minimum absolute atomic E-state index is 0.217. The third-order valence-electron chi connectivity index (χ3n) is 4.27. The maximum absolute atomic E-state index is 12.1. The third-order valence-corrected chi connectivity index (χ3v) is 4.27. The van der Waals surface area contributed by atoms with E-state index < -0.39 is 12.5 Å². The first-order valence-corrected chi connectivity index (χ1v) is 6.49. The molecule has 104 valence electrons. The Bertz CT molecular complexity index is 462. The number of hydrogen-bond donors (Lipinski definition) is 1. The van der Waals surface area contributed by atoms with Crippen molar-refractivity contribution in [3.8, 4) is 5.75 Å². The van der Waals surface area contributed by atoms with Gasteiger partial charge in [0, 0.05) is 0 Å². The molecule has 1 aromatic carbocycles. The Morgan fingerprint density at radius 2 is 1.89 bits per heavy atom. The van der Waals surface area contributed by atoms with E-state index in [1.807, 2.05) is 0 Å². The van der Waals surface area contributed by atoms with Crippen LogP contribution in [0.15, 0.2) is 24.3 Å². The van der Waals surface area contributed by atoms with E-state index in [2.05, 4.69) is 4.74 Å². The summed E-state index contributed by atoms with van der Waals surface area (Å²) in [5.41, 5.74) is 0.515. The molecule has 3 unspecified atom stereocenters. The van der Waals surface area contributed by atoms with Crippen LogP contribution in [0.1, 0.15) is 30.9 Å². The number of halogens is 3. The number of ether oxygens (including phenoxy) is 1. The predicted molar refractivity (Wildman–Crippen MR) is 62.4 cm³/mol.